The van der Waals surface area contributed by atoms with E-state index in [1.54, 1.807) is 47.5 Å². The van der Waals surface area contributed by atoms with Gasteiger partial charge in [-0.05, 0) is 30.3 Å². The molecule has 1 aromatic carbocycles. The van der Waals surface area contributed by atoms with Crippen LogP contribution in [-0.2, 0) is 0 Å². The molecule has 1 aliphatic rings. The lowest BCUT2D eigenvalue weighted by molar-refractivity contribution is 0.0740. The largest absolute Gasteiger partial charge is 0.439 e. The van der Waals surface area contributed by atoms with Crippen molar-refractivity contribution in [1.29, 1.82) is 0 Å². The van der Waals surface area contributed by atoms with E-state index in [-0.39, 0.29) is 5.91 Å². The minimum atomic E-state index is -0.145. The van der Waals surface area contributed by atoms with Crippen LogP contribution in [0.5, 0.6) is 11.6 Å². The Hall–Kier alpha value is -2.61. The monoisotopic (exact) mass is 463 g/mol. The van der Waals surface area contributed by atoms with Gasteiger partial charge >= 0.3 is 0 Å². The number of anilines is 1. The first-order chi connectivity index (χ1) is 14.5. The summed E-state index contributed by atoms with van der Waals surface area (Å²) in [5.41, 5.74) is 0.336. The molecule has 1 saturated heterocycles. The van der Waals surface area contributed by atoms with E-state index in [0.29, 0.717) is 64.5 Å². The maximum absolute atomic E-state index is 12.6. The van der Waals surface area contributed by atoms with Gasteiger partial charge in [-0.1, -0.05) is 34.8 Å². The summed E-state index contributed by atoms with van der Waals surface area (Å²) in [6.45, 7) is 2.20. The minimum absolute atomic E-state index is 0.145. The molecule has 1 aliphatic heterocycles. The number of carbonyl (C=O) groups is 1. The van der Waals surface area contributed by atoms with Crippen LogP contribution < -0.4 is 9.64 Å². The normalized spacial score (nSPS) is 14.0. The lowest BCUT2D eigenvalue weighted by Crippen LogP contribution is -2.49. The fourth-order valence-corrected chi connectivity index (χ4v) is 3.71. The van der Waals surface area contributed by atoms with Crippen LogP contribution >= 0.6 is 34.8 Å². The van der Waals surface area contributed by atoms with Crippen LogP contribution in [0.1, 0.15) is 10.5 Å². The topological polar surface area (TPSA) is 71.5 Å². The van der Waals surface area contributed by atoms with Gasteiger partial charge in [0.05, 0.1) is 0 Å². The van der Waals surface area contributed by atoms with Gasteiger partial charge in [-0.25, -0.2) is 4.98 Å². The molecule has 0 saturated carbocycles. The van der Waals surface area contributed by atoms with Gasteiger partial charge < -0.3 is 14.5 Å². The highest BCUT2D eigenvalue weighted by Gasteiger charge is 2.24. The van der Waals surface area contributed by atoms with Crippen molar-refractivity contribution in [2.45, 2.75) is 0 Å². The number of ether oxygens (including phenoxy) is 1. The molecule has 2 aromatic heterocycles. The summed E-state index contributed by atoms with van der Waals surface area (Å²) < 4.78 is 5.77. The van der Waals surface area contributed by atoms with E-state index >= 15 is 0 Å². The maximum atomic E-state index is 12.6. The van der Waals surface area contributed by atoms with Gasteiger partial charge in [0.1, 0.15) is 11.4 Å². The molecule has 0 aliphatic carbocycles. The van der Waals surface area contributed by atoms with Crippen molar-refractivity contribution in [3.63, 3.8) is 0 Å². The van der Waals surface area contributed by atoms with Crippen molar-refractivity contribution in [2.24, 2.45) is 0 Å². The number of carbonyl (C=O) groups excluding carboxylic acids is 1. The highest BCUT2D eigenvalue weighted by molar-refractivity contribution is 6.34. The molecule has 10 heteroatoms. The lowest BCUT2D eigenvalue weighted by atomic mass is 10.2. The van der Waals surface area contributed by atoms with Gasteiger partial charge in [0.2, 0.25) is 11.8 Å². The van der Waals surface area contributed by atoms with Gasteiger partial charge in [-0.3, -0.25) is 9.78 Å². The van der Waals surface area contributed by atoms with Crippen LogP contribution in [0.4, 0.5) is 5.95 Å². The van der Waals surface area contributed by atoms with Crippen LogP contribution in [-0.4, -0.2) is 51.9 Å². The fraction of sp³-hybridized carbons (Fsp3) is 0.200. The molecular weight excluding hydrogens is 449 g/mol. The highest BCUT2D eigenvalue weighted by Crippen LogP contribution is 2.28. The molecule has 0 atom stereocenters. The standard InChI is InChI=1S/C20H16Cl3N5O2/c21-13-1-3-24-17(12-13)19(29)27-5-7-28(8-6-27)20-25-4-2-18(26-20)30-16-10-14(22)9-15(23)11-16/h1-4,9-12H,5-8H2. The zero-order valence-corrected chi connectivity index (χ0v) is 17.9. The Balaban J connectivity index is 1.41. The summed E-state index contributed by atoms with van der Waals surface area (Å²) in [6, 6.07) is 9.80. The number of piperazine rings is 1. The Kier molecular flexibility index (Phi) is 6.22. The van der Waals surface area contributed by atoms with Gasteiger partial charge in [0.25, 0.3) is 5.91 Å². The van der Waals surface area contributed by atoms with Gasteiger partial charge in [0.15, 0.2) is 0 Å². The number of pyridine rings is 1. The Morgan fingerprint density at radius 2 is 1.57 bits per heavy atom. The van der Waals surface area contributed by atoms with Crippen LogP contribution in [0.3, 0.4) is 0 Å². The minimum Gasteiger partial charge on any atom is -0.439 e. The summed E-state index contributed by atoms with van der Waals surface area (Å²) in [4.78, 5) is 29.3. The number of rotatable bonds is 4. The number of nitrogens with zero attached hydrogens (tertiary/aromatic N) is 5. The predicted molar refractivity (Wildman–Crippen MR) is 116 cm³/mol. The molecule has 154 valence electrons. The molecule has 4 rings (SSSR count). The van der Waals surface area contributed by atoms with E-state index in [9.17, 15) is 4.79 Å². The Bertz CT molecular complexity index is 1050. The summed E-state index contributed by atoms with van der Waals surface area (Å²) in [7, 11) is 0. The zero-order chi connectivity index (χ0) is 21.1. The zero-order valence-electron chi connectivity index (χ0n) is 15.6. The lowest BCUT2D eigenvalue weighted by Gasteiger charge is -2.34. The molecule has 7 nitrogen and oxygen atoms in total. The van der Waals surface area contributed by atoms with E-state index in [1.165, 1.54) is 6.20 Å². The van der Waals surface area contributed by atoms with Crippen molar-refractivity contribution >= 4 is 46.7 Å². The Morgan fingerprint density at radius 1 is 0.867 bits per heavy atom. The second-order valence-corrected chi connectivity index (χ2v) is 7.85. The molecule has 1 fully saturated rings. The van der Waals surface area contributed by atoms with Crippen LogP contribution in [0.15, 0.2) is 48.8 Å². The predicted octanol–water partition coefficient (Wildman–Crippen LogP) is 4.59. The molecule has 1 amide bonds. The number of hydrogen-bond donors (Lipinski definition) is 0. The van der Waals surface area contributed by atoms with E-state index in [2.05, 4.69) is 15.0 Å². The van der Waals surface area contributed by atoms with Crippen molar-refractivity contribution in [3.05, 3.63) is 69.6 Å². The summed E-state index contributed by atoms with van der Waals surface area (Å²) in [5, 5.41) is 1.43. The van der Waals surface area contributed by atoms with E-state index in [1.807, 2.05) is 4.90 Å². The second kappa shape index (κ2) is 9.04. The Labute approximate surface area is 188 Å². The molecule has 3 heterocycles. The summed E-state index contributed by atoms with van der Waals surface area (Å²) in [5.74, 6) is 1.24. The fourth-order valence-electron chi connectivity index (χ4n) is 3.04. The molecule has 0 bridgehead atoms. The van der Waals surface area contributed by atoms with Crippen molar-refractivity contribution < 1.29 is 9.53 Å². The van der Waals surface area contributed by atoms with Crippen molar-refractivity contribution in [2.75, 3.05) is 31.1 Å². The van der Waals surface area contributed by atoms with E-state index in [0.717, 1.165) is 0 Å². The molecule has 3 aromatic rings. The summed E-state index contributed by atoms with van der Waals surface area (Å²) in [6.07, 6.45) is 3.15. The molecule has 0 radical (unpaired) electrons. The van der Waals surface area contributed by atoms with Crippen LogP contribution in [0.25, 0.3) is 0 Å². The third-order valence-corrected chi connectivity index (χ3v) is 5.14. The van der Waals surface area contributed by atoms with Gasteiger partial charge in [-0.2, -0.15) is 4.98 Å². The number of aromatic nitrogens is 3. The van der Waals surface area contributed by atoms with Crippen LogP contribution in [0.2, 0.25) is 15.1 Å². The SMILES string of the molecule is O=C(c1cc(Cl)ccn1)N1CCN(c2nccc(Oc3cc(Cl)cc(Cl)c3)n2)CC1. The van der Waals surface area contributed by atoms with Gasteiger partial charge in [0, 0.05) is 59.7 Å². The quantitative estimate of drug-likeness (QED) is 0.562. The van der Waals surface area contributed by atoms with Gasteiger partial charge in [-0.15, -0.1) is 0 Å². The first-order valence-electron chi connectivity index (χ1n) is 9.11. The van der Waals surface area contributed by atoms with Crippen LogP contribution in [0, 0.1) is 0 Å². The molecule has 0 N–H and O–H groups in total. The first kappa shape index (κ1) is 20.7. The number of amides is 1. The van der Waals surface area contributed by atoms with E-state index in [4.69, 9.17) is 39.5 Å². The molecule has 0 spiro atoms. The van der Waals surface area contributed by atoms with Crippen molar-refractivity contribution in [3.8, 4) is 11.6 Å². The smallest absolute Gasteiger partial charge is 0.272 e. The van der Waals surface area contributed by atoms with Crippen molar-refractivity contribution in [1.82, 2.24) is 19.9 Å². The van der Waals surface area contributed by atoms with E-state index < -0.39 is 0 Å². The second-order valence-electron chi connectivity index (χ2n) is 6.54. The number of benzene rings is 1. The first-order valence-corrected chi connectivity index (χ1v) is 10.2. The Morgan fingerprint density at radius 3 is 2.27 bits per heavy atom. The third kappa shape index (κ3) is 4.92. The number of hydrogen-bond acceptors (Lipinski definition) is 6. The highest BCUT2D eigenvalue weighted by atomic mass is 35.5. The average molecular weight is 465 g/mol. The third-order valence-electron chi connectivity index (χ3n) is 4.47. The average Bonchev–Trinajstić information content (AvgIpc) is 2.73. The maximum Gasteiger partial charge on any atom is 0.272 e. The molecule has 30 heavy (non-hydrogen) atoms. The molecule has 0 unspecified atom stereocenters. The number of halogens is 3. The summed E-state index contributed by atoms with van der Waals surface area (Å²) >= 11 is 18.0. The molecular formula is C20H16Cl3N5O2.